The zero-order valence-corrected chi connectivity index (χ0v) is 15.8. The van der Waals surface area contributed by atoms with Gasteiger partial charge < -0.3 is 4.90 Å². The fourth-order valence-electron chi connectivity index (χ4n) is 4.57. The van der Waals surface area contributed by atoms with Crippen LogP contribution in [0.4, 0.5) is 11.4 Å². The highest BCUT2D eigenvalue weighted by atomic mass is 35.5. The molecule has 2 aromatic rings. The maximum absolute atomic E-state index is 12.8. The maximum Gasteiger partial charge on any atom is 0.292 e. The average molecular weight is 389 g/mol. The van der Waals surface area contributed by atoms with E-state index in [4.69, 9.17) is 11.6 Å². The lowest BCUT2D eigenvalue weighted by atomic mass is 9.80. The van der Waals surface area contributed by atoms with E-state index in [1.807, 2.05) is 0 Å². The predicted molar refractivity (Wildman–Crippen MR) is 104 cm³/mol. The van der Waals surface area contributed by atoms with Crippen molar-refractivity contribution >= 4 is 23.0 Å². The van der Waals surface area contributed by atoms with Crippen LogP contribution in [0.2, 0.25) is 5.02 Å². The Labute approximate surface area is 161 Å². The molecule has 2 fully saturated rings. The third kappa shape index (κ3) is 3.10. The largest absolute Gasteiger partial charge is 0.365 e. The van der Waals surface area contributed by atoms with E-state index in [0.717, 1.165) is 13.0 Å². The number of hydrogen-bond acceptors (Lipinski definition) is 5. The van der Waals surface area contributed by atoms with E-state index in [1.54, 1.807) is 6.20 Å². The van der Waals surface area contributed by atoms with E-state index in [9.17, 15) is 14.9 Å². The number of nitro groups is 1. The van der Waals surface area contributed by atoms with Crippen LogP contribution in [-0.4, -0.2) is 27.3 Å². The molecule has 2 heterocycles. The van der Waals surface area contributed by atoms with E-state index in [2.05, 4.69) is 16.9 Å². The lowest BCUT2D eigenvalue weighted by Crippen LogP contribution is -2.36. The molecule has 0 bridgehead atoms. The summed E-state index contributed by atoms with van der Waals surface area (Å²) in [5.41, 5.74) is 0.698. The zero-order chi connectivity index (χ0) is 19.1. The first kappa shape index (κ1) is 18.0. The summed E-state index contributed by atoms with van der Waals surface area (Å²) in [6.07, 6.45) is 6.47. The van der Waals surface area contributed by atoms with Gasteiger partial charge in [-0.15, -0.1) is 0 Å². The molecule has 1 aromatic heterocycles. The van der Waals surface area contributed by atoms with Gasteiger partial charge in [-0.05, 0) is 36.8 Å². The summed E-state index contributed by atoms with van der Waals surface area (Å²) in [4.78, 5) is 25.4. The number of anilines is 1. The molecule has 1 saturated carbocycles. The smallest absolute Gasteiger partial charge is 0.292 e. The summed E-state index contributed by atoms with van der Waals surface area (Å²) >= 11 is 6.47. The van der Waals surface area contributed by atoms with Gasteiger partial charge in [-0.25, -0.2) is 0 Å². The minimum atomic E-state index is -0.481. The number of halogens is 1. The summed E-state index contributed by atoms with van der Waals surface area (Å²) in [6.45, 7) is 3.15. The molecular formula is C19H21ClN4O3. The van der Waals surface area contributed by atoms with Gasteiger partial charge in [-0.2, -0.15) is 9.78 Å². The first-order chi connectivity index (χ1) is 13.0. The topological polar surface area (TPSA) is 81.3 Å². The van der Waals surface area contributed by atoms with Crippen LogP contribution < -0.4 is 10.5 Å². The monoisotopic (exact) mass is 388 g/mol. The first-order valence-electron chi connectivity index (χ1n) is 9.26. The number of nitrogens with zero attached hydrogens (tertiary/aromatic N) is 4. The first-order valence-corrected chi connectivity index (χ1v) is 9.64. The van der Waals surface area contributed by atoms with E-state index >= 15 is 0 Å². The molecular weight excluding hydrogens is 368 g/mol. The molecule has 0 spiro atoms. The minimum absolute atomic E-state index is 0.0380. The van der Waals surface area contributed by atoms with Gasteiger partial charge in [0.25, 0.3) is 11.2 Å². The molecule has 3 atom stereocenters. The van der Waals surface area contributed by atoms with Crippen LogP contribution in [0.1, 0.15) is 32.6 Å². The fraction of sp³-hybridized carbons (Fsp3) is 0.474. The molecule has 1 aliphatic carbocycles. The molecule has 142 valence electrons. The highest BCUT2D eigenvalue weighted by Gasteiger charge is 2.41. The molecule has 4 rings (SSSR count). The Morgan fingerprint density at radius 3 is 2.63 bits per heavy atom. The van der Waals surface area contributed by atoms with E-state index in [-0.39, 0.29) is 10.7 Å². The molecule has 7 nitrogen and oxygen atoms in total. The summed E-state index contributed by atoms with van der Waals surface area (Å²) in [5, 5.41) is 15.3. The SMILES string of the molecule is CC1CN(c2cnn(-c3ccc([N+](=O)[O-])cc3)c(=O)c2Cl)C2CCCCC12. The highest BCUT2D eigenvalue weighted by molar-refractivity contribution is 6.33. The third-order valence-corrected chi connectivity index (χ3v) is 6.27. The van der Waals surface area contributed by atoms with Gasteiger partial charge in [0.15, 0.2) is 0 Å². The molecule has 1 aliphatic heterocycles. The molecule has 8 heteroatoms. The second kappa shape index (κ2) is 6.96. The van der Waals surface area contributed by atoms with Crippen molar-refractivity contribution in [3.8, 4) is 5.69 Å². The predicted octanol–water partition coefficient (Wildman–Crippen LogP) is 3.81. The number of non-ortho nitro benzene ring substituents is 1. The Balaban J connectivity index is 1.68. The van der Waals surface area contributed by atoms with Crippen molar-refractivity contribution in [2.45, 2.75) is 38.6 Å². The Bertz CT molecular complexity index is 928. The van der Waals surface area contributed by atoms with Crippen molar-refractivity contribution in [3.05, 3.63) is 56.0 Å². The number of hydrogen-bond donors (Lipinski definition) is 0. The Morgan fingerprint density at radius 2 is 1.93 bits per heavy atom. The van der Waals surface area contributed by atoms with E-state index < -0.39 is 10.5 Å². The van der Waals surface area contributed by atoms with Gasteiger partial charge in [-0.1, -0.05) is 31.4 Å². The van der Waals surface area contributed by atoms with Crippen molar-refractivity contribution in [2.24, 2.45) is 11.8 Å². The molecule has 0 N–H and O–H groups in total. The summed E-state index contributed by atoms with van der Waals surface area (Å²) < 4.78 is 1.19. The Morgan fingerprint density at radius 1 is 1.22 bits per heavy atom. The van der Waals surface area contributed by atoms with Crippen LogP contribution in [0.25, 0.3) is 5.69 Å². The summed E-state index contributed by atoms with van der Waals surface area (Å²) in [6, 6.07) is 6.11. The van der Waals surface area contributed by atoms with Gasteiger partial charge in [0, 0.05) is 24.7 Å². The molecule has 0 radical (unpaired) electrons. The zero-order valence-electron chi connectivity index (χ0n) is 15.0. The molecule has 1 saturated heterocycles. The molecule has 0 amide bonds. The van der Waals surface area contributed by atoms with Gasteiger partial charge in [0.1, 0.15) is 5.02 Å². The standard InChI is InChI=1S/C19H21ClN4O3/c1-12-11-22(16-5-3-2-4-15(12)16)17-10-21-23(19(25)18(17)20)13-6-8-14(9-7-13)24(26)27/h6-10,12,15-16H,2-5,11H2,1H3. The van der Waals surface area contributed by atoms with Gasteiger partial charge in [0.05, 0.1) is 22.5 Å². The normalized spacial score (nSPS) is 24.7. The van der Waals surface area contributed by atoms with Crippen LogP contribution in [0.15, 0.2) is 35.3 Å². The second-order valence-electron chi connectivity index (χ2n) is 7.48. The molecule has 3 unspecified atom stereocenters. The van der Waals surface area contributed by atoms with Gasteiger partial charge in [0.2, 0.25) is 0 Å². The van der Waals surface area contributed by atoms with Crippen molar-refractivity contribution < 1.29 is 4.92 Å². The van der Waals surface area contributed by atoms with Crippen LogP contribution in [0, 0.1) is 22.0 Å². The average Bonchev–Trinajstić information content (AvgIpc) is 3.01. The van der Waals surface area contributed by atoms with Gasteiger partial charge >= 0.3 is 0 Å². The number of rotatable bonds is 3. The fourth-order valence-corrected chi connectivity index (χ4v) is 4.81. The Kier molecular flexibility index (Phi) is 4.63. The number of benzene rings is 1. The summed E-state index contributed by atoms with van der Waals surface area (Å²) in [5.74, 6) is 1.22. The second-order valence-corrected chi connectivity index (χ2v) is 7.86. The van der Waals surface area contributed by atoms with Crippen LogP contribution in [0.3, 0.4) is 0 Å². The Hall–Kier alpha value is -2.41. The van der Waals surface area contributed by atoms with Crippen molar-refractivity contribution in [1.82, 2.24) is 9.78 Å². The quantitative estimate of drug-likeness (QED) is 0.590. The minimum Gasteiger partial charge on any atom is -0.365 e. The van der Waals surface area contributed by atoms with Gasteiger partial charge in [-0.3, -0.25) is 14.9 Å². The van der Waals surface area contributed by atoms with Crippen LogP contribution >= 0.6 is 11.6 Å². The number of aromatic nitrogens is 2. The lowest BCUT2D eigenvalue weighted by Gasteiger charge is -2.33. The van der Waals surface area contributed by atoms with Crippen LogP contribution in [-0.2, 0) is 0 Å². The maximum atomic E-state index is 12.8. The lowest BCUT2D eigenvalue weighted by molar-refractivity contribution is -0.384. The van der Waals surface area contributed by atoms with Crippen molar-refractivity contribution in [1.29, 1.82) is 0 Å². The number of fused-ring (bicyclic) bond motifs is 1. The van der Waals surface area contributed by atoms with Crippen LogP contribution in [0.5, 0.6) is 0 Å². The molecule has 27 heavy (non-hydrogen) atoms. The number of nitro benzene ring substituents is 1. The van der Waals surface area contributed by atoms with E-state index in [0.29, 0.717) is 29.3 Å². The van der Waals surface area contributed by atoms with E-state index in [1.165, 1.54) is 48.2 Å². The molecule has 2 aliphatic rings. The molecule has 1 aromatic carbocycles. The third-order valence-electron chi connectivity index (χ3n) is 5.91. The highest BCUT2D eigenvalue weighted by Crippen LogP contribution is 2.42. The summed E-state index contributed by atoms with van der Waals surface area (Å²) in [7, 11) is 0. The van der Waals surface area contributed by atoms with Crippen molar-refractivity contribution in [3.63, 3.8) is 0 Å². The van der Waals surface area contributed by atoms with Crippen molar-refractivity contribution in [2.75, 3.05) is 11.4 Å².